The average Bonchev–Trinajstić information content (AvgIpc) is 3.13. The Kier molecular flexibility index (Phi) is 7.11. The van der Waals surface area contributed by atoms with Crippen molar-refractivity contribution in [2.45, 2.75) is 37.6 Å². The second-order valence-corrected chi connectivity index (χ2v) is 12.0. The molecule has 9 nitrogen and oxygen atoms in total. The van der Waals surface area contributed by atoms with E-state index in [4.69, 9.17) is 0 Å². The first-order valence-electron chi connectivity index (χ1n) is 13.8. The van der Waals surface area contributed by atoms with E-state index < -0.39 is 40.0 Å². The zero-order valence-corrected chi connectivity index (χ0v) is 24.6. The predicted octanol–water partition coefficient (Wildman–Crippen LogP) is 4.88. The van der Waals surface area contributed by atoms with E-state index in [1.54, 1.807) is 24.1 Å². The Labute approximate surface area is 250 Å². The number of rotatable bonds is 4. The molecule has 1 atom stereocenters. The third-order valence-electron chi connectivity index (χ3n) is 8.01. The Morgan fingerprint density at radius 2 is 1.86 bits per heavy atom. The summed E-state index contributed by atoms with van der Waals surface area (Å²) in [6.07, 6.45) is 2.84. The number of phenolic OH excluding ortho intramolecular Hbond substituents is 2. The summed E-state index contributed by atoms with van der Waals surface area (Å²) in [5.41, 5.74) is -0.632. The first-order chi connectivity index (χ1) is 20.5. The molecule has 0 spiro atoms. The number of halogens is 2. The Morgan fingerprint density at radius 1 is 1.14 bits per heavy atom. The van der Waals surface area contributed by atoms with Crippen molar-refractivity contribution < 1.29 is 23.8 Å². The van der Waals surface area contributed by atoms with Gasteiger partial charge in [-0.2, -0.15) is 4.98 Å². The van der Waals surface area contributed by atoms with Gasteiger partial charge in [0.15, 0.2) is 5.82 Å². The number of thioether (sulfide) groups is 1. The van der Waals surface area contributed by atoms with Crippen molar-refractivity contribution >= 4 is 34.4 Å². The molecule has 0 aliphatic carbocycles. The Hall–Kier alpha value is -4.45. The molecule has 1 unspecified atom stereocenters. The van der Waals surface area contributed by atoms with E-state index in [1.807, 2.05) is 18.7 Å². The molecule has 6 rings (SSSR count). The minimum atomic E-state index is -1.13. The van der Waals surface area contributed by atoms with Crippen molar-refractivity contribution in [1.29, 1.82) is 0 Å². The zero-order chi connectivity index (χ0) is 30.7. The molecule has 1 fully saturated rings. The quantitative estimate of drug-likeness (QED) is 0.317. The number of benzene rings is 2. The van der Waals surface area contributed by atoms with Crippen molar-refractivity contribution in [3.05, 3.63) is 76.5 Å². The summed E-state index contributed by atoms with van der Waals surface area (Å²) in [7, 11) is 0. The van der Waals surface area contributed by atoms with Crippen LogP contribution in [0.15, 0.2) is 52.8 Å². The van der Waals surface area contributed by atoms with E-state index in [0.29, 0.717) is 29.2 Å². The van der Waals surface area contributed by atoms with Gasteiger partial charge >= 0.3 is 5.69 Å². The average molecular weight is 606 g/mol. The number of aryl methyl sites for hydroxylation is 1. The van der Waals surface area contributed by atoms with Gasteiger partial charge in [-0.25, -0.2) is 13.6 Å². The number of anilines is 1. The lowest BCUT2D eigenvalue weighted by molar-refractivity contribution is -0.126. The number of aromatic hydroxyl groups is 2. The summed E-state index contributed by atoms with van der Waals surface area (Å²) < 4.78 is 34.9. The van der Waals surface area contributed by atoms with Crippen LogP contribution in [0.1, 0.15) is 31.0 Å². The third kappa shape index (κ3) is 4.43. The van der Waals surface area contributed by atoms with E-state index >= 15 is 8.78 Å². The van der Waals surface area contributed by atoms with Crippen molar-refractivity contribution in [3.8, 4) is 28.3 Å². The third-order valence-corrected chi connectivity index (χ3v) is 9.23. The fourth-order valence-corrected chi connectivity index (χ4v) is 7.20. The van der Waals surface area contributed by atoms with Gasteiger partial charge in [-0.15, -0.1) is 11.8 Å². The minimum absolute atomic E-state index is 0.0222. The van der Waals surface area contributed by atoms with Gasteiger partial charge in [0.1, 0.15) is 23.1 Å². The van der Waals surface area contributed by atoms with Crippen molar-refractivity contribution in [3.63, 3.8) is 0 Å². The Bertz CT molecular complexity index is 1870. The Balaban J connectivity index is 1.76. The van der Waals surface area contributed by atoms with E-state index in [2.05, 4.69) is 16.5 Å². The number of piperazine rings is 1. The molecular formula is C31H29F2N5O4S. The molecule has 2 aromatic heterocycles. The number of amides is 1. The number of carbonyl (C=O) groups excluding carboxylic acids is 1. The van der Waals surface area contributed by atoms with Gasteiger partial charge in [0, 0.05) is 31.6 Å². The van der Waals surface area contributed by atoms with Crippen molar-refractivity contribution in [1.82, 2.24) is 19.4 Å². The molecule has 1 saturated heterocycles. The first-order valence-corrected chi connectivity index (χ1v) is 14.8. The maximum absolute atomic E-state index is 17.1. The summed E-state index contributed by atoms with van der Waals surface area (Å²) in [5, 5.41) is 21.5. The second-order valence-electron chi connectivity index (χ2n) is 10.9. The minimum Gasteiger partial charge on any atom is -0.507 e. The largest absolute Gasteiger partial charge is 0.507 e. The number of fused-ring (bicyclic) bond motifs is 2. The number of hydrogen-bond acceptors (Lipinski definition) is 8. The molecule has 0 saturated carbocycles. The maximum Gasteiger partial charge on any atom is 0.354 e. The summed E-state index contributed by atoms with van der Waals surface area (Å²) in [5.74, 6) is -3.18. The fraction of sp³-hybridized carbons (Fsp3) is 0.290. The van der Waals surface area contributed by atoms with Gasteiger partial charge < -0.3 is 20.0 Å². The Morgan fingerprint density at radius 3 is 2.53 bits per heavy atom. The van der Waals surface area contributed by atoms with E-state index in [1.165, 1.54) is 24.3 Å². The second kappa shape index (κ2) is 10.7. The van der Waals surface area contributed by atoms with Crippen LogP contribution in [0.25, 0.3) is 27.7 Å². The molecule has 2 aliphatic heterocycles. The van der Waals surface area contributed by atoms with E-state index in [9.17, 15) is 19.8 Å². The normalized spacial score (nSPS) is 16.4. The summed E-state index contributed by atoms with van der Waals surface area (Å²) in [6, 6.07) is 5.14. The standard InChI is InChI=1S/C31H29F2N5O4S/c1-5-20(41)36-11-12-37-17(13-36)14-43-29-23-28(24(32)22(25(29)33)21-18(39)7-6-8-19(21)40)38(31(42)35-30(23)37)27-16(4)9-10-34-26(27)15(2)3/h5-10,15,17,39-40H,1,11-14H2,2-4H3. The van der Waals surface area contributed by atoms with Gasteiger partial charge in [-0.05, 0) is 42.7 Å². The highest BCUT2D eigenvalue weighted by Gasteiger charge is 2.38. The van der Waals surface area contributed by atoms with Gasteiger partial charge in [0.05, 0.1) is 44.3 Å². The molecule has 4 aromatic rings. The number of aromatic nitrogens is 3. The molecule has 0 bridgehead atoms. The molecule has 222 valence electrons. The van der Waals surface area contributed by atoms with Crippen LogP contribution in [0.4, 0.5) is 14.6 Å². The van der Waals surface area contributed by atoms with Crippen LogP contribution >= 0.6 is 11.8 Å². The van der Waals surface area contributed by atoms with E-state index in [-0.39, 0.29) is 52.6 Å². The van der Waals surface area contributed by atoms with Crippen LogP contribution in [0.2, 0.25) is 0 Å². The highest BCUT2D eigenvalue weighted by atomic mass is 32.2. The number of carbonyl (C=O) groups is 1. The smallest absolute Gasteiger partial charge is 0.354 e. The van der Waals surface area contributed by atoms with Gasteiger partial charge in [0.25, 0.3) is 0 Å². The lowest BCUT2D eigenvalue weighted by Gasteiger charge is -2.41. The van der Waals surface area contributed by atoms with Gasteiger partial charge in [-0.1, -0.05) is 26.5 Å². The van der Waals surface area contributed by atoms with Crippen LogP contribution in [-0.2, 0) is 4.79 Å². The monoisotopic (exact) mass is 605 g/mol. The highest BCUT2D eigenvalue weighted by molar-refractivity contribution is 7.99. The van der Waals surface area contributed by atoms with Crippen LogP contribution < -0.4 is 10.6 Å². The lowest BCUT2D eigenvalue weighted by Crippen LogP contribution is -2.56. The van der Waals surface area contributed by atoms with Crippen LogP contribution in [0, 0.1) is 18.6 Å². The van der Waals surface area contributed by atoms with Gasteiger partial charge in [0.2, 0.25) is 5.91 Å². The van der Waals surface area contributed by atoms with Gasteiger partial charge in [-0.3, -0.25) is 14.3 Å². The fourth-order valence-electron chi connectivity index (χ4n) is 5.99. The summed E-state index contributed by atoms with van der Waals surface area (Å²) >= 11 is 1.11. The van der Waals surface area contributed by atoms with Crippen LogP contribution in [-0.4, -0.2) is 67.0 Å². The SMILES string of the molecule is C=CC(=O)N1CCN2c3nc(=O)n(-c4c(C)ccnc4C(C)C)c4c(F)c(-c5c(O)cccc5O)c(F)c(c34)SCC2C1. The first kappa shape index (κ1) is 28.7. The summed E-state index contributed by atoms with van der Waals surface area (Å²) in [6.45, 7) is 9.99. The molecule has 43 heavy (non-hydrogen) atoms. The number of pyridine rings is 1. The van der Waals surface area contributed by atoms with Crippen LogP contribution in [0.3, 0.4) is 0 Å². The lowest BCUT2D eigenvalue weighted by atomic mass is 9.98. The maximum atomic E-state index is 17.1. The number of hydrogen-bond donors (Lipinski definition) is 2. The molecule has 0 radical (unpaired) electrons. The molecule has 1 amide bonds. The summed E-state index contributed by atoms with van der Waals surface area (Å²) in [4.78, 5) is 38.9. The molecule has 4 heterocycles. The van der Waals surface area contributed by atoms with Crippen LogP contribution in [0.5, 0.6) is 11.5 Å². The molecule has 2 aliphatic rings. The highest BCUT2D eigenvalue weighted by Crippen LogP contribution is 2.49. The predicted molar refractivity (Wildman–Crippen MR) is 161 cm³/mol. The molecule has 2 aromatic carbocycles. The van der Waals surface area contributed by atoms with Crippen molar-refractivity contribution in [2.75, 3.05) is 30.3 Å². The van der Waals surface area contributed by atoms with E-state index in [0.717, 1.165) is 16.3 Å². The molecule has 2 N–H and O–H groups in total. The zero-order valence-electron chi connectivity index (χ0n) is 23.8. The van der Waals surface area contributed by atoms with Crippen molar-refractivity contribution in [2.24, 2.45) is 0 Å². The number of nitrogens with zero attached hydrogens (tertiary/aromatic N) is 5. The topological polar surface area (TPSA) is 112 Å². The molecule has 12 heteroatoms. The molecular weight excluding hydrogens is 576 g/mol. The number of phenols is 2.